The molecule has 116 valence electrons. The van der Waals surface area contributed by atoms with Crippen molar-refractivity contribution < 1.29 is 23.2 Å². The van der Waals surface area contributed by atoms with Crippen LogP contribution in [0.3, 0.4) is 0 Å². The first-order valence-electron chi connectivity index (χ1n) is 6.21. The van der Waals surface area contributed by atoms with E-state index in [1.54, 1.807) is 20.8 Å². The molecule has 0 radical (unpaired) electrons. The number of benzene rings is 1. The molecular weight excluding hydrogens is 300 g/mol. The first-order valence-corrected chi connectivity index (χ1v) is 7.32. The minimum absolute atomic E-state index is 0.125. The molecular formula is C14H17F2NO3S. The van der Waals surface area contributed by atoms with Crippen molar-refractivity contribution in [1.29, 1.82) is 0 Å². The number of carboxylic acids is 1. The third-order valence-corrected chi connectivity index (χ3v) is 3.99. The van der Waals surface area contributed by atoms with E-state index in [0.717, 1.165) is 12.3 Å². The van der Waals surface area contributed by atoms with Gasteiger partial charge in [-0.1, -0.05) is 16.5 Å². The summed E-state index contributed by atoms with van der Waals surface area (Å²) >= 11 is -1.65. The second-order valence-corrected chi connectivity index (χ2v) is 7.37. The van der Waals surface area contributed by atoms with Crippen LogP contribution >= 0.6 is 0 Å². The molecule has 0 spiro atoms. The minimum atomic E-state index is -2.30. The lowest BCUT2D eigenvalue weighted by Gasteiger charge is -2.19. The van der Waals surface area contributed by atoms with Crippen molar-refractivity contribution in [3.8, 4) is 0 Å². The van der Waals surface area contributed by atoms with Crippen LogP contribution in [0.25, 0.3) is 0 Å². The summed E-state index contributed by atoms with van der Waals surface area (Å²) < 4.78 is 41.9. The first-order chi connectivity index (χ1) is 9.62. The standard InChI is InChI=1S/C14H17F2NO3S/c1-14(2,3)21(20)17-8-11(12(16)13(18)19)9-5-4-6-10(15)7-9/h4-8,11-12H,1-3H3,(H,18,19)/b17-8+/t11?,12-,21-/m1/s1. The number of aliphatic carboxylic acids is 1. The molecule has 0 fully saturated rings. The summed E-state index contributed by atoms with van der Waals surface area (Å²) in [6.45, 7) is 5.05. The molecule has 0 aliphatic rings. The van der Waals surface area contributed by atoms with Gasteiger partial charge in [-0.15, -0.1) is 0 Å². The van der Waals surface area contributed by atoms with Gasteiger partial charge >= 0.3 is 5.97 Å². The normalized spacial score (nSPS) is 16.7. The Balaban J connectivity index is 3.10. The van der Waals surface area contributed by atoms with Crippen LogP contribution in [-0.2, 0) is 16.2 Å². The molecule has 0 saturated carbocycles. The lowest BCUT2D eigenvalue weighted by molar-refractivity contribution is -0.142. The lowest BCUT2D eigenvalue weighted by atomic mass is 9.95. The second kappa shape index (κ2) is 7.00. The SMILES string of the molecule is CC(C)(C)[S@@+]([O-])/N=C/C(c1cccc(F)c1)[C@@H](F)C(=O)O. The van der Waals surface area contributed by atoms with Gasteiger partial charge in [0.05, 0.1) is 12.1 Å². The largest absolute Gasteiger partial charge is 0.591 e. The second-order valence-electron chi connectivity index (χ2n) is 5.44. The molecule has 0 aliphatic carbocycles. The summed E-state index contributed by atoms with van der Waals surface area (Å²) in [4.78, 5) is 10.8. The van der Waals surface area contributed by atoms with Gasteiger partial charge in [-0.3, -0.25) is 0 Å². The number of hydrogen-bond acceptors (Lipinski definition) is 3. The average Bonchev–Trinajstić information content (AvgIpc) is 2.37. The lowest BCUT2D eigenvalue weighted by Crippen LogP contribution is -2.28. The van der Waals surface area contributed by atoms with Gasteiger partial charge < -0.3 is 9.66 Å². The molecule has 0 aromatic heterocycles. The van der Waals surface area contributed by atoms with E-state index < -0.39 is 40.0 Å². The molecule has 1 N–H and O–H groups in total. The molecule has 0 heterocycles. The van der Waals surface area contributed by atoms with E-state index in [4.69, 9.17) is 5.11 Å². The van der Waals surface area contributed by atoms with Gasteiger partial charge in [0.1, 0.15) is 21.9 Å². The van der Waals surface area contributed by atoms with E-state index >= 15 is 0 Å². The van der Waals surface area contributed by atoms with Crippen LogP contribution in [0.2, 0.25) is 0 Å². The van der Waals surface area contributed by atoms with E-state index in [0.29, 0.717) is 0 Å². The topological polar surface area (TPSA) is 72.7 Å². The zero-order valence-electron chi connectivity index (χ0n) is 11.9. The van der Waals surface area contributed by atoms with Crippen molar-refractivity contribution in [3.63, 3.8) is 0 Å². The highest BCUT2D eigenvalue weighted by atomic mass is 32.2. The maximum absolute atomic E-state index is 13.8. The Labute approximate surface area is 125 Å². The number of halogens is 2. The summed E-state index contributed by atoms with van der Waals surface area (Å²) in [6, 6.07) is 4.95. The fraction of sp³-hybridized carbons (Fsp3) is 0.429. The van der Waals surface area contributed by atoms with Crippen molar-refractivity contribution >= 4 is 23.5 Å². The van der Waals surface area contributed by atoms with Crippen molar-refractivity contribution in [2.75, 3.05) is 0 Å². The zero-order valence-corrected chi connectivity index (χ0v) is 12.7. The minimum Gasteiger partial charge on any atom is -0.591 e. The van der Waals surface area contributed by atoms with Crippen molar-refractivity contribution in [2.24, 2.45) is 4.40 Å². The Morgan fingerprint density at radius 2 is 2.10 bits per heavy atom. The molecule has 4 nitrogen and oxygen atoms in total. The van der Waals surface area contributed by atoms with Crippen LogP contribution in [0.4, 0.5) is 8.78 Å². The molecule has 0 amide bonds. The molecule has 1 unspecified atom stereocenters. The van der Waals surface area contributed by atoms with Crippen LogP contribution in [0.1, 0.15) is 32.3 Å². The number of carbonyl (C=O) groups is 1. The highest BCUT2D eigenvalue weighted by molar-refractivity contribution is 7.91. The summed E-state index contributed by atoms with van der Waals surface area (Å²) in [5, 5.41) is 8.80. The summed E-state index contributed by atoms with van der Waals surface area (Å²) in [7, 11) is 0. The first kappa shape index (κ1) is 17.6. The van der Waals surface area contributed by atoms with Crippen LogP contribution < -0.4 is 0 Å². The fourth-order valence-electron chi connectivity index (χ4n) is 1.48. The fourth-order valence-corrected chi connectivity index (χ4v) is 2.03. The average molecular weight is 317 g/mol. The van der Waals surface area contributed by atoms with Crippen molar-refractivity contribution in [3.05, 3.63) is 35.6 Å². The van der Waals surface area contributed by atoms with E-state index in [-0.39, 0.29) is 5.56 Å². The highest BCUT2D eigenvalue weighted by Crippen LogP contribution is 2.24. The Bertz CT molecular complexity index is 531. The maximum atomic E-state index is 13.8. The maximum Gasteiger partial charge on any atom is 0.339 e. The Morgan fingerprint density at radius 3 is 2.57 bits per heavy atom. The monoisotopic (exact) mass is 317 g/mol. The van der Waals surface area contributed by atoms with Gasteiger partial charge in [-0.2, -0.15) is 0 Å². The number of rotatable bonds is 5. The molecule has 3 atom stereocenters. The van der Waals surface area contributed by atoms with E-state index in [2.05, 4.69) is 4.40 Å². The third kappa shape index (κ3) is 5.09. The molecule has 7 heteroatoms. The number of carboxylic acid groups (broad SMARTS) is 1. The third-order valence-electron chi connectivity index (χ3n) is 2.63. The van der Waals surface area contributed by atoms with Gasteiger partial charge in [0.2, 0.25) is 6.17 Å². The molecule has 0 bridgehead atoms. The predicted octanol–water partition coefficient (Wildman–Crippen LogP) is 2.87. The zero-order chi connectivity index (χ0) is 16.2. The summed E-state index contributed by atoms with van der Waals surface area (Å²) in [5.41, 5.74) is 0.125. The Morgan fingerprint density at radius 1 is 1.48 bits per heavy atom. The van der Waals surface area contributed by atoms with E-state index in [1.807, 2.05) is 0 Å². The highest BCUT2D eigenvalue weighted by Gasteiger charge is 2.31. The number of alkyl halides is 1. The molecule has 1 rings (SSSR count). The Kier molecular flexibility index (Phi) is 5.86. The number of hydrogen-bond donors (Lipinski definition) is 1. The van der Waals surface area contributed by atoms with Crippen LogP contribution in [0.15, 0.2) is 28.7 Å². The van der Waals surface area contributed by atoms with Crippen molar-refractivity contribution in [1.82, 2.24) is 0 Å². The number of nitrogens with zero attached hydrogens (tertiary/aromatic N) is 1. The Hall–Kier alpha value is -1.47. The van der Waals surface area contributed by atoms with Gasteiger partial charge in [0.15, 0.2) is 0 Å². The molecule has 1 aromatic carbocycles. The van der Waals surface area contributed by atoms with Gasteiger partial charge in [0.25, 0.3) is 0 Å². The van der Waals surface area contributed by atoms with Gasteiger partial charge in [-0.25, -0.2) is 13.6 Å². The predicted molar refractivity (Wildman–Crippen MR) is 78.1 cm³/mol. The van der Waals surface area contributed by atoms with E-state index in [1.165, 1.54) is 18.2 Å². The molecule has 0 saturated heterocycles. The van der Waals surface area contributed by atoms with Crippen molar-refractivity contribution in [2.45, 2.75) is 37.6 Å². The molecule has 1 aromatic rings. The smallest absolute Gasteiger partial charge is 0.339 e. The molecule has 21 heavy (non-hydrogen) atoms. The van der Waals surface area contributed by atoms with Crippen LogP contribution in [-0.4, -0.2) is 32.8 Å². The van der Waals surface area contributed by atoms with Gasteiger partial charge in [-0.05, 0) is 38.5 Å². The quantitative estimate of drug-likeness (QED) is 0.670. The van der Waals surface area contributed by atoms with Gasteiger partial charge in [0, 0.05) is 0 Å². The summed E-state index contributed by atoms with van der Waals surface area (Å²) in [5.74, 6) is -3.60. The van der Waals surface area contributed by atoms with Crippen LogP contribution in [0.5, 0.6) is 0 Å². The van der Waals surface area contributed by atoms with Crippen LogP contribution in [0, 0.1) is 5.82 Å². The van der Waals surface area contributed by atoms with E-state index in [9.17, 15) is 18.1 Å². The molecule has 0 aliphatic heterocycles. The summed E-state index contributed by atoms with van der Waals surface area (Å²) in [6.07, 6.45) is -1.32.